The number of carbonyl (C=O) groups is 1. The Morgan fingerprint density at radius 2 is 1.81 bits per heavy atom. The Hall–Kier alpha value is -3.16. The van der Waals surface area contributed by atoms with Gasteiger partial charge in [0, 0.05) is 5.56 Å². The van der Waals surface area contributed by atoms with E-state index in [0.717, 1.165) is 0 Å². The third kappa shape index (κ3) is 3.44. The SMILES string of the molecule is Cc1onc(-c2ccccc2)c1C(=O)Nc1cc(C(F)(F)F)ccc1F. The highest BCUT2D eigenvalue weighted by atomic mass is 19.4. The summed E-state index contributed by atoms with van der Waals surface area (Å²) in [4.78, 5) is 12.5. The second kappa shape index (κ2) is 6.62. The normalized spacial score (nSPS) is 11.4. The minimum atomic E-state index is -4.66. The molecule has 1 N–H and O–H groups in total. The van der Waals surface area contributed by atoms with E-state index in [1.807, 2.05) is 0 Å². The molecule has 26 heavy (non-hydrogen) atoms. The van der Waals surface area contributed by atoms with Gasteiger partial charge in [0.2, 0.25) is 0 Å². The van der Waals surface area contributed by atoms with Gasteiger partial charge < -0.3 is 9.84 Å². The molecule has 0 aliphatic carbocycles. The van der Waals surface area contributed by atoms with Crippen LogP contribution in [0.15, 0.2) is 53.1 Å². The van der Waals surface area contributed by atoms with Crippen LogP contribution in [0.25, 0.3) is 11.3 Å². The van der Waals surface area contributed by atoms with E-state index in [1.54, 1.807) is 30.3 Å². The molecular weight excluding hydrogens is 352 g/mol. The van der Waals surface area contributed by atoms with Crippen molar-refractivity contribution in [3.05, 3.63) is 71.2 Å². The molecule has 0 saturated heterocycles. The van der Waals surface area contributed by atoms with Gasteiger partial charge in [-0.2, -0.15) is 13.2 Å². The summed E-state index contributed by atoms with van der Waals surface area (Å²) < 4.78 is 57.3. The third-order valence-corrected chi connectivity index (χ3v) is 3.68. The van der Waals surface area contributed by atoms with E-state index >= 15 is 0 Å². The fourth-order valence-electron chi connectivity index (χ4n) is 2.41. The molecule has 0 radical (unpaired) electrons. The maximum absolute atomic E-state index is 13.9. The molecule has 4 nitrogen and oxygen atoms in total. The van der Waals surface area contributed by atoms with Crippen LogP contribution in [-0.4, -0.2) is 11.1 Å². The molecule has 0 fully saturated rings. The van der Waals surface area contributed by atoms with E-state index in [9.17, 15) is 22.4 Å². The largest absolute Gasteiger partial charge is 0.416 e. The van der Waals surface area contributed by atoms with Gasteiger partial charge in [-0.05, 0) is 25.1 Å². The number of nitrogens with one attached hydrogen (secondary N) is 1. The summed E-state index contributed by atoms with van der Waals surface area (Å²) in [5.74, 6) is -1.64. The van der Waals surface area contributed by atoms with Crippen LogP contribution in [0.2, 0.25) is 0 Å². The van der Waals surface area contributed by atoms with Crippen molar-refractivity contribution in [1.29, 1.82) is 0 Å². The molecule has 3 aromatic rings. The summed E-state index contributed by atoms with van der Waals surface area (Å²) in [6.07, 6.45) is -4.66. The number of benzene rings is 2. The number of amides is 1. The fourth-order valence-corrected chi connectivity index (χ4v) is 2.41. The highest BCUT2D eigenvalue weighted by Gasteiger charge is 2.31. The van der Waals surface area contributed by atoms with Gasteiger partial charge in [0.25, 0.3) is 5.91 Å². The Balaban J connectivity index is 1.97. The topological polar surface area (TPSA) is 55.1 Å². The van der Waals surface area contributed by atoms with E-state index in [4.69, 9.17) is 4.52 Å². The van der Waals surface area contributed by atoms with Crippen molar-refractivity contribution >= 4 is 11.6 Å². The number of aryl methyl sites for hydroxylation is 1. The second-order valence-electron chi connectivity index (χ2n) is 5.47. The highest BCUT2D eigenvalue weighted by Crippen LogP contribution is 2.32. The molecule has 8 heteroatoms. The Morgan fingerprint density at radius 3 is 2.46 bits per heavy atom. The first-order valence-electron chi connectivity index (χ1n) is 7.47. The molecule has 0 bridgehead atoms. The van der Waals surface area contributed by atoms with E-state index in [2.05, 4.69) is 10.5 Å². The molecule has 134 valence electrons. The smallest absolute Gasteiger partial charge is 0.360 e. The van der Waals surface area contributed by atoms with Crippen molar-refractivity contribution in [1.82, 2.24) is 5.16 Å². The van der Waals surface area contributed by atoms with Crippen LogP contribution in [0, 0.1) is 12.7 Å². The Labute approximate surface area is 145 Å². The summed E-state index contributed by atoms with van der Waals surface area (Å²) >= 11 is 0. The zero-order chi connectivity index (χ0) is 18.9. The minimum Gasteiger partial charge on any atom is -0.360 e. The van der Waals surface area contributed by atoms with Crippen LogP contribution >= 0.6 is 0 Å². The summed E-state index contributed by atoms with van der Waals surface area (Å²) in [5, 5.41) is 5.98. The van der Waals surface area contributed by atoms with E-state index in [0.29, 0.717) is 23.8 Å². The van der Waals surface area contributed by atoms with Gasteiger partial charge in [-0.1, -0.05) is 35.5 Å². The van der Waals surface area contributed by atoms with Crippen LogP contribution in [0.1, 0.15) is 21.7 Å². The zero-order valence-electron chi connectivity index (χ0n) is 13.4. The van der Waals surface area contributed by atoms with Gasteiger partial charge >= 0.3 is 6.18 Å². The lowest BCUT2D eigenvalue weighted by atomic mass is 10.1. The average Bonchev–Trinajstić information content (AvgIpc) is 2.98. The number of carbonyl (C=O) groups excluding carboxylic acids is 1. The monoisotopic (exact) mass is 364 g/mol. The number of halogens is 4. The lowest BCUT2D eigenvalue weighted by Gasteiger charge is -2.11. The highest BCUT2D eigenvalue weighted by molar-refractivity contribution is 6.08. The predicted octanol–water partition coefficient (Wildman–Crippen LogP) is 5.06. The molecule has 1 heterocycles. The van der Waals surface area contributed by atoms with Gasteiger partial charge in [0.15, 0.2) is 0 Å². The van der Waals surface area contributed by atoms with E-state index in [1.165, 1.54) is 6.92 Å². The second-order valence-corrected chi connectivity index (χ2v) is 5.47. The molecule has 3 rings (SSSR count). The van der Waals surface area contributed by atoms with Crippen molar-refractivity contribution in [3.8, 4) is 11.3 Å². The number of hydrogen-bond acceptors (Lipinski definition) is 3. The molecule has 0 atom stereocenters. The van der Waals surface area contributed by atoms with Crippen LogP contribution in [0.4, 0.5) is 23.2 Å². The minimum absolute atomic E-state index is 0.0213. The molecule has 0 saturated carbocycles. The molecule has 1 aromatic heterocycles. The maximum atomic E-state index is 13.9. The third-order valence-electron chi connectivity index (χ3n) is 3.68. The molecule has 0 aliphatic heterocycles. The maximum Gasteiger partial charge on any atom is 0.416 e. The molecule has 1 amide bonds. The van der Waals surface area contributed by atoms with Crippen molar-refractivity contribution < 1.29 is 26.9 Å². The number of rotatable bonds is 3. The number of aromatic nitrogens is 1. The zero-order valence-corrected chi connectivity index (χ0v) is 13.4. The molecular formula is C18H12F4N2O2. The van der Waals surface area contributed by atoms with E-state index in [-0.39, 0.29) is 17.0 Å². The summed E-state index contributed by atoms with van der Waals surface area (Å²) in [6, 6.07) is 10.4. The quantitative estimate of drug-likeness (QED) is 0.661. The average molecular weight is 364 g/mol. The fraction of sp³-hybridized carbons (Fsp3) is 0.111. The standard InChI is InChI=1S/C18H12F4N2O2/c1-10-15(16(24-26-10)11-5-3-2-4-6-11)17(25)23-14-9-12(18(20,21)22)7-8-13(14)19/h2-9H,1H3,(H,23,25). The lowest BCUT2D eigenvalue weighted by Crippen LogP contribution is -2.15. The first-order chi connectivity index (χ1) is 12.3. The van der Waals surface area contributed by atoms with Gasteiger partial charge in [0.1, 0.15) is 22.8 Å². The Bertz CT molecular complexity index is 950. The number of nitrogens with zero attached hydrogens (tertiary/aromatic N) is 1. The summed E-state index contributed by atoms with van der Waals surface area (Å²) in [5.41, 5.74) is -0.830. The molecule has 0 aliphatic rings. The predicted molar refractivity (Wildman–Crippen MR) is 86.0 cm³/mol. The first-order valence-corrected chi connectivity index (χ1v) is 7.47. The van der Waals surface area contributed by atoms with Crippen LogP contribution < -0.4 is 5.32 Å². The summed E-state index contributed by atoms with van der Waals surface area (Å²) in [7, 11) is 0. The van der Waals surface area contributed by atoms with E-state index < -0.39 is 29.2 Å². The first kappa shape index (κ1) is 17.7. The van der Waals surface area contributed by atoms with Gasteiger partial charge in [-0.25, -0.2) is 4.39 Å². The number of anilines is 1. The van der Waals surface area contributed by atoms with Crippen LogP contribution in [-0.2, 0) is 6.18 Å². The van der Waals surface area contributed by atoms with Gasteiger partial charge in [0.05, 0.1) is 11.3 Å². The molecule has 2 aromatic carbocycles. The number of hydrogen-bond donors (Lipinski definition) is 1. The van der Waals surface area contributed by atoms with Crippen molar-refractivity contribution in [2.45, 2.75) is 13.1 Å². The number of alkyl halides is 3. The van der Waals surface area contributed by atoms with Crippen LogP contribution in [0.3, 0.4) is 0 Å². The van der Waals surface area contributed by atoms with Crippen LogP contribution in [0.5, 0.6) is 0 Å². The van der Waals surface area contributed by atoms with Crippen molar-refractivity contribution in [2.75, 3.05) is 5.32 Å². The molecule has 0 unspecified atom stereocenters. The molecule has 0 spiro atoms. The lowest BCUT2D eigenvalue weighted by molar-refractivity contribution is -0.137. The summed E-state index contributed by atoms with van der Waals surface area (Å²) in [6.45, 7) is 1.48. The Kier molecular flexibility index (Phi) is 4.50. The van der Waals surface area contributed by atoms with Gasteiger partial charge in [-0.15, -0.1) is 0 Å². The van der Waals surface area contributed by atoms with Gasteiger partial charge in [-0.3, -0.25) is 4.79 Å². The van der Waals surface area contributed by atoms with Crippen molar-refractivity contribution in [3.63, 3.8) is 0 Å². The Morgan fingerprint density at radius 1 is 1.12 bits per heavy atom. The van der Waals surface area contributed by atoms with Crippen molar-refractivity contribution in [2.24, 2.45) is 0 Å².